The number of aryl methyl sites for hydroxylation is 1. The van der Waals surface area contributed by atoms with E-state index in [0.29, 0.717) is 31.1 Å². The first-order valence-corrected chi connectivity index (χ1v) is 16.0. The molecule has 5 rings (SSSR count). The molecule has 4 aromatic rings. The van der Waals surface area contributed by atoms with Gasteiger partial charge in [0.15, 0.2) is 8.68 Å². The third-order valence-electron chi connectivity index (χ3n) is 6.19. The number of rotatable bonds is 8. The van der Waals surface area contributed by atoms with Crippen LogP contribution in [0.3, 0.4) is 0 Å². The quantitative estimate of drug-likeness (QED) is 0.278. The summed E-state index contributed by atoms with van der Waals surface area (Å²) < 4.78 is 28.9. The maximum absolute atomic E-state index is 12.9. The number of piperazine rings is 1. The lowest BCUT2D eigenvalue weighted by molar-refractivity contribution is -0.129. The predicted molar refractivity (Wildman–Crippen MR) is 151 cm³/mol. The van der Waals surface area contributed by atoms with Gasteiger partial charge in [0.1, 0.15) is 0 Å². The molecule has 1 aliphatic heterocycles. The molecule has 11 heteroatoms. The van der Waals surface area contributed by atoms with Crippen molar-refractivity contribution in [3.63, 3.8) is 0 Å². The number of benzene rings is 3. The topological polar surface area (TPSA) is 83.5 Å². The highest BCUT2D eigenvalue weighted by Crippen LogP contribution is 2.32. The zero-order valence-corrected chi connectivity index (χ0v) is 23.5. The fourth-order valence-corrected chi connectivity index (χ4v) is 8.47. The maximum Gasteiger partial charge on any atom is 0.243 e. The summed E-state index contributed by atoms with van der Waals surface area (Å²) in [7, 11) is -3.55. The van der Waals surface area contributed by atoms with Crippen molar-refractivity contribution < 1.29 is 13.2 Å². The number of carbonyl (C=O) groups is 1. The molecule has 1 aromatic heterocycles. The number of aromatic nitrogens is 2. The van der Waals surface area contributed by atoms with Crippen LogP contribution in [-0.2, 0) is 20.6 Å². The number of hydrogen-bond donors (Lipinski definition) is 0. The molecule has 1 fully saturated rings. The number of carbonyl (C=O) groups excluding carboxylic acids is 1. The summed E-state index contributed by atoms with van der Waals surface area (Å²) in [5, 5.41) is 11.0. The zero-order valence-electron chi connectivity index (χ0n) is 20.2. The molecular formula is C26H26N4O3S4. The van der Waals surface area contributed by atoms with Crippen LogP contribution in [0, 0.1) is 6.92 Å². The first-order chi connectivity index (χ1) is 17.9. The van der Waals surface area contributed by atoms with Crippen LogP contribution in [0.15, 0.2) is 80.3 Å². The van der Waals surface area contributed by atoms with Gasteiger partial charge in [-0.2, -0.15) is 4.31 Å². The van der Waals surface area contributed by atoms with Crippen molar-refractivity contribution in [3.05, 3.63) is 77.9 Å². The summed E-state index contributed by atoms with van der Waals surface area (Å²) >= 11 is 4.52. The van der Waals surface area contributed by atoms with Crippen molar-refractivity contribution in [1.29, 1.82) is 0 Å². The number of hydrogen-bond acceptors (Lipinski definition) is 8. The lowest BCUT2D eigenvalue weighted by Gasteiger charge is -2.34. The van der Waals surface area contributed by atoms with Crippen LogP contribution in [0.4, 0.5) is 0 Å². The monoisotopic (exact) mass is 570 g/mol. The first-order valence-electron chi connectivity index (χ1n) is 11.8. The van der Waals surface area contributed by atoms with Crippen LogP contribution in [0.2, 0.25) is 0 Å². The fourth-order valence-electron chi connectivity index (χ4n) is 4.12. The molecule has 192 valence electrons. The van der Waals surface area contributed by atoms with Crippen LogP contribution in [0.25, 0.3) is 10.8 Å². The third-order valence-corrected chi connectivity index (χ3v) is 11.3. The van der Waals surface area contributed by atoms with E-state index < -0.39 is 10.0 Å². The minimum absolute atomic E-state index is 0.0162. The molecule has 7 nitrogen and oxygen atoms in total. The third kappa shape index (κ3) is 6.18. The first kappa shape index (κ1) is 26.2. The summed E-state index contributed by atoms with van der Waals surface area (Å²) in [6, 6.07) is 21.5. The van der Waals surface area contributed by atoms with Gasteiger partial charge in [-0.1, -0.05) is 95.0 Å². The molecule has 0 spiro atoms. The Morgan fingerprint density at radius 3 is 2.32 bits per heavy atom. The SMILES string of the molecule is Cc1ccc(S(=O)(=O)N2CCN(C(=O)CSc3nnc(SCc4cccc5ccccc45)s3)CC2)cc1. The summed E-state index contributed by atoms with van der Waals surface area (Å²) in [4.78, 5) is 14.8. The van der Waals surface area contributed by atoms with E-state index in [2.05, 4.69) is 46.6 Å². The minimum atomic E-state index is -3.55. The highest BCUT2D eigenvalue weighted by molar-refractivity contribution is 8.03. The Kier molecular flexibility index (Phi) is 8.15. The van der Waals surface area contributed by atoms with Crippen LogP contribution < -0.4 is 0 Å². The molecule has 1 amide bonds. The van der Waals surface area contributed by atoms with Crippen molar-refractivity contribution in [2.75, 3.05) is 31.9 Å². The van der Waals surface area contributed by atoms with Gasteiger partial charge in [0.05, 0.1) is 10.6 Å². The van der Waals surface area contributed by atoms with Crippen LogP contribution in [-0.4, -0.2) is 65.7 Å². The molecule has 0 N–H and O–H groups in total. The predicted octanol–water partition coefficient (Wildman–Crippen LogP) is 4.92. The molecule has 3 aromatic carbocycles. The average Bonchev–Trinajstić information content (AvgIpc) is 3.38. The Labute approximate surface area is 229 Å². The summed E-state index contributed by atoms with van der Waals surface area (Å²) in [6.07, 6.45) is 0. The number of thioether (sulfide) groups is 2. The second-order valence-corrected chi connectivity index (χ2v) is 14.0. The highest BCUT2D eigenvalue weighted by Gasteiger charge is 2.30. The van der Waals surface area contributed by atoms with Gasteiger partial charge in [-0.25, -0.2) is 8.42 Å². The average molecular weight is 571 g/mol. The maximum atomic E-state index is 12.9. The van der Waals surface area contributed by atoms with Gasteiger partial charge in [0.2, 0.25) is 15.9 Å². The molecule has 37 heavy (non-hydrogen) atoms. The Hall–Kier alpha value is -2.44. The van der Waals surface area contributed by atoms with Crippen molar-refractivity contribution in [2.24, 2.45) is 0 Å². The number of amides is 1. The standard InChI is InChI=1S/C26H26N4O3S4/c1-19-9-11-22(12-10-19)37(32,33)30-15-13-29(14-16-30)24(31)18-35-26-28-27-25(36-26)34-17-21-7-4-6-20-5-2-3-8-23(20)21/h2-12H,13-18H2,1H3. The largest absolute Gasteiger partial charge is 0.339 e. The van der Waals surface area contributed by atoms with E-state index in [1.807, 2.05) is 13.0 Å². The smallest absolute Gasteiger partial charge is 0.243 e. The van der Waals surface area contributed by atoms with Crippen LogP contribution >= 0.6 is 34.9 Å². The van der Waals surface area contributed by atoms with Gasteiger partial charge in [-0.3, -0.25) is 4.79 Å². The van der Waals surface area contributed by atoms with Crippen molar-refractivity contribution in [2.45, 2.75) is 26.3 Å². The van der Waals surface area contributed by atoms with Gasteiger partial charge >= 0.3 is 0 Å². The Morgan fingerprint density at radius 2 is 1.57 bits per heavy atom. The Morgan fingerprint density at radius 1 is 0.892 bits per heavy atom. The Balaban J connectivity index is 1.10. The molecule has 1 aliphatic rings. The summed E-state index contributed by atoms with van der Waals surface area (Å²) in [5.74, 6) is 1.04. The second-order valence-electron chi connectivity index (χ2n) is 8.65. The van der Waals surface area contributed by atoms with Gasteiger partial charge in [-0.15, -0.1) is 10.2 Å². The number of sulfonamides is 1. The second kappa shape index (κ2) is 11.5. The lowest BCUT2D eigenvalue weighted by Crippen LogP contribution is -2.50. The summed E-state index contributed by atoms with van der Waals surface area (Å²) in [6.45, 7) is 3.27. The van der Waals surface area contributed by atoms with Crippen molar-refractivity contribution in [1.82, 2.24) is 19.4 Å². The van der Waals surface area contributed by atoms with E-state index in [-0.39, 0.29) is 11.7 Å². The van der Waals surface area contributed by atoms with E-state index in [4.69, 9.17) is 0 Å². The number of fused-ring (bicyclic) bond motifs is 1. The lowest BCUT2D eigenvalue weighted by atomic mass is 10.1. The van der Waals surface area contributed by atoms with E-state index in [0.717, 1.165) is 20.0 Å². The van der Waals surface area contributed by atoms with Gasteiger partial charge in [0, 0.05) is 31.9 Å². The van der Waals surface area contributed by atoms with Crippen molar-refractivity contribution in [3.8, 4) is 0 Å². The van der Waals surface area contributed by atoms with E-state index in [9.17, 15) is 13.2 Å². The molecule has 0 radical (unpaired) electrons. The molecule has 2 heterocycles. The fraction of sp³-hybridized carbons (Fsp3) is 0.269. The van der Waals surface area contributed by atoms with Crippen molar-refractivity contribution >= 4 is 61.6 Å². The molecule has 0 aliphatic carbocycles. The number of nitrogens with zero attached hydrogens (tertiary/aromatic N) is 4. The molecule has 0 bridgehead atoms. The molecule has 0 saturated carbocycles. The van der Waals surface area contributed by atoms with Gasteiger partial charge in [0.25, 0.3) is 0 Å². The van der Waals surface area contributed by atoms with Gasteiger partial charge < -0.3 is 4.90 Å². The summed E-state index contributed by atoms with van der Waals surface area (Å²) in [5.41, 5.74) is 2.27. The molecule has 0 atom stereocenters. The van der Waals surface area contributed by atoms with Crippen LogP contribution in [0.1, 0.15) is 11.1 Å². The normalized spacial score (nSPS) is 14.8. The van der Waals surface area contributed by atoms with E-state index in [1.165, 1.54) is 43.7 Å². The highest BCUT2D eigenvalue weighted by atomic mass is 32.2. The van der Waals surface area contributed by atoms with E-state index in [1.54, 1.807) is 40.9 Å². The molecule has 0 unspecified atom stereocenters. The van der Waals surface area contributed by atoms with Crippen LogP contribution in [0.5, 0.6) is 0 Å². The Bertz CT molecular complexity index is 1490. The van der Waals surface area contributed by atoms with Gasteiger partial charge in [-0.05, 0) is 35.4 Å². The molecular weight excluding hydrogens is 545 g/mol. The molecule has 1 saturated heterocycles. The minimum Gasteiger partial charge on any atom is -0.339 e. The zero-order chi connectivity index (χ0) is 25.8. The van der Waals surface area contributed by atoms with E-state index >= 15 is 0 Å².